The second kappa shape index (κ2) is 7.40. The van der Waals surface area contributed by atoms with E-state index in [1.165, 1.54) is 36.4 Å². The number of anilines is 1. The fraction of sp³-hybridized carbons (Fsp3) is 0.105. The molecule has 28 heavy (non-hydrogen) atoms. The first-order valence-electron chi connectivity index (χ1n) is 7.97. The molecule has 0 atom stereocenters. The lowest BCUT2D eigenvalue weighted by atomic mass is 10.2. The Balaban J connectivity index is 1.82. The van der Waals surface area contributed by atoms with Gasteiger partial charge in [-0.3, -0.25) is 4.79 Å². The van der Waals surface area contributed by atoms with E-state index in [0.717, 1.165) is 29.0 Å². The van der Waals surface area contributed by atoms with Crippen LogP contribution >= 0.6 is 11.3 Å². The van der Waals surface area contributed by atoms with E-state index in [9.17, 15) is 26.4 Å². The standard InChI is InChI=1S/C19H14F3NO3S2/c1-12-5-7-15(8-6-12)28(25,26)17-10-9-16(27-17)18(24)23-14-4-2-3-13(11-14)19(20,21)22/h2-11H,1H3,(H,23,24). The number of halogens is 3. The first kappa shape index (κ1) is 20.1. The van der Waals surface area contributed by atoms with Crippen LogP contribution in [0, 0.1) is 6.92 Å². The Hall–Kier alpha value is -2.65. The summed E-state index contributed by atoms with van der Waals surface area (Å²) in [6.07, 6.45) is -4.53. The van der Waals surface area contributed by atoms with Gasteiger partial charge in [-0.05, 0) is 49.4 Å². The molecule has 0 bridgehead atoms. The Morgan fingerprint density at radius 2 is 1.68 bits per heavy atom. The molecular weight excluding hydrogens is 411 g/mol. The number of thiophene rings is 1. The van der Waals surface area contributed by atoms with E-state index in [2.05, 4.69) is 5.32 Å². The molecular formula is C19H14F3NO3S2. The summed E-state index contributed by atoms with van der Waals surface area (Å²) in [5, 5.41) is 2.36. The van der Waals surface area contributed by atoms with Crippen LogP contribution in [0.3, 0.4) is 0 Å². The van der Waals surface area contributed by atoms with Crippen molar-refractivity contribution in [1.29, 1.82) is 0 Å². The van der Waals surface area contributed by atoms with Crippen LogP contribution < -0.4 is 5.32 Å². The maximum absolute atomic E-state index is 12.8. The molecule has 1 amide bonds. The van der Waals surface area contributed by atoms with E-state index < -0.39 is 27.5 Å². The maximum atomic E-state index is 12.8. The first-order valence-corrected chi connectivity index (χ1v) is 10.3. The lowest BCUT2D eigenvalue weighted by molar-refractivity contribution is -0.137. The van der Waals surface area contributed by atoms with Crippen LogP contribution in [0.4, 0.5) is 18.9 Å². The molecule has 1 N–H and O–H groups in total. The SMILES string of the molecule is Cc1ccc(S(=O)(=O)c2ccc(C(=O)Nc3cccc(C(F)(F)F)c3)s2)cc1. The Morgan fingerprint density at radius 3 is 2.32 bits per heavy atom. The smallest absolute Gasteiger partial charge is 0.321 e. The number of amides is 1. The highest BCUT2D eigenvalue weighted by Crippen LogP contribution is 2.31. The minimum Gasteiger partial charge on any atom is -0.321 e. The molecule has 0 radical (unpaired) electrons. The van der Waals surface area contributed by atoms with Crippen molar-refractivity contribution >= 4 is 32.8 Å². The van der Waals surface area contributed by atoms with Crippen molar-refractivity contribution in [2.45, 2.75) is 22.2 Å². The van der Waals surface area contributed by atoms with E-state index >= 15 is 0 Å². The average molecular weight is 425 g/mol. The minimum atomic E-state index is -4.53. The quantitative estimate of drug-likeness (QED) is 0.628. The molecule has 146 valence electrons. The molecule has 0 saturated carbocycles. The Kier molecular flexibility index (Phi) is 5.31. The van der Waals surface area contributed by atoms with Gasteiger partial charge in [-0.1, -0.05) is 23.8 Å². The molecule has 9 heteroatoms. The monoisotopic (exact) mass is 425 g/mol. The van der Waals surface area contributed by atoms with Gasteiger partial charge in [0.15, 0.2) is 0 Å². The van der Waals surface area contributed by atoms with Gasteiger partial charge in [-0.2, -0.15) is 13.2 Å². The number of aryl methyl sites for hydroxylation is 1. The normalized spacial score (nSPS) is 12.0. The summed E-state index contributed by atoms with van der Waals surface area (Å²) in [7, 11) is -3.78. The summed E-state index contributed by atoms with van der Waals surface area (Å²) < 4.78 is 63.6. The average Bonchev–Trinajstić information content (AvgIpc) is 3.13. The molecule has 2 aromatic carbocycles. The van der Waals surface area contributed by atoms with Crippen LogP contribution in [-0.4, -0.2) is 14.3 Å². The summed E-state index contributed by atoms with van der Waals surface area (Å²) in [6.45, 7) is 1.83. The Morgan fingerprint density at radius 1 is 1.00 bits per heavy atom. The van der Waals surface area contributed by atoms with Crippen LogP contribution in [-0.2, 0) is 16.0 Å². The molecule has 3 aromatic rings. The summed E-state index contributed by atoms with van der Waals surface area (Å²) in [5.41, 5.74) is -0.0124. The van der Waals surface area contributed by atoms with Crippen LogP contribution in [0.25, 0.3) is 0 Å². The summed E-state index contributed by atoms with van der Waals surface area (Å²) in [5.74, 6) is -0.685. The third kappa shape index (κ3) is 4.26. The molecule has 0 aliphatic rings. The number of alkyl halides is 3. The van der Waals surface area contributed by atoms with Crippen LogP contribution in [0.2, 0.25) is 0 Å². The molecule has 3 rings (SSSR count). The second-order valence-electron chi connectivity index (χ2n) is 5.97. The zero-order chi connectivity index (χ0) is 20.5. The van der Waals surface area contributed by atoms with Crippen molar-refractivity contribution in [3.63, 3.8) is 0 Å². The number of carbonyl (C=O) groups excluding carboxylic acids is 1. The molecule has 0 fully saturated rings. The van der Waals surface area contributed by atoms with Crippen molar-refractivity contribution in [3.05, 3.63) is 76.7 Å². The van der Waals surface area contributed by atoms with Gasteiger partial charge < -0.3 is 5.32 Å². The highest BCUT2D eigenvalue weighted by Gasteiger charge is 2.30. The maximum Gasteiger partial charge on any atom is 0.416 e. The number of sulfone groups is 1. The van der Waals surface area contributed by atoms with Crippen molar-refractivity contribution in [3.8, 4) is 0 Å². The van der Waals surface area contributed by atoms with Crippen molar-refractivity contribution < 1.29 is 26.4 Å². The first-order chi connectivity index (χ1) is 13.1. The third-order valence-corrected chi connectivity index (χ3v) is 7.19. The van der Waals surface area contributed by atoms with Crippen molar-refractivity contribution in [2.75, 3.05) is 5.32 Å². The molecule has 0 unspecified atom stereocenters. The van der Waals surface area contributed by atoms with E-state index in [1.54, 1.807) is 12.1 Å². The topological polar surface area (TPSA) is 63.2 Å². The van der Waals surface area contributed by atoms with Crippen LogP contribution in [0.1, 0.15) is 20.8 Å². The van der Waals surface area contributed by atoms with Gasteiger partial charge in [0.25, 0.3) is 5.91 Å². The van der Waals surface area contributed by atoms with Gasteiger partial charge in [0.1, 0.15) is 4.21 Å². The van der Waals surface area contributed by atoms with E-state index in [1.807, 2.05) is 6.92 Å². The molecule has 0 aliphatic carbocycles. The zero-order valence-electron chi connectivity index (χ0n) is 14.4. The number of nitrogens with one attached hydrogen (secondary N) is 1. The third-order valence-electron chi connectivity index (χ3n) is 3.85. The van der Waals surface area contributed by atoms with Gasteiger partial charge in [0.05, 0.1) is 15.3 Å². The number of rotatable bonds is 4. The lowest BCUT2D eigenvalue weighted by Crippen LogP contribution is -2.11. The molecule has 1 heterocycles. The van der Waals surface area contributed by atoms with E-state index in [4.69, 9.17) is 0 Å². The fourth-order valence-electron chi connectivity index (χ4n) is 2.39. The highest BCUT2D eigenvalue weighted by molar-refractivity contribution is 7.93. The fourth-order valence-corrected chi connectivity index (χ4v) is 4.99. The predicted molar refractivity (Wildman–Crippen MR) is 100 cm³/mol. The molecule has 0 saturated heterocycles. The van der Waals surface area contributed by atoms with Crippen molar-refractivity contribution in [2.24, 2.45) is 0 Å². The Bertz CT molecular complexity index is 1120. The number of carbonyl (C=O) groups is 1. The van der Waals surface area contributed by atoms with Crippen molar-refractivity contribution in [1.82, 2.24) is 0 Å². The Labute approximate surface area is 163 Å². The summed E-state index contributed by atoms with van der Waals surface area (Å²) >= 11 is 0.754. The minimum absolute atomic E-state index is 0.0226. The van der Waals surface area contributed by atoms with Crippen LogP contribution in [0.15, 0.2) is 69.8 Å². The molecule has 1 aromatic heterocycles. The summed E-state index contributed by atoms with van der Waals surface area (Å²) in [4.78, 5) is 12.5. The largest absolute Gasteiger partial charge is 0.416 e. The predicted octanol–water partition coefficient (Wildman–Crippen LogP) is 5.16. The van der Waals surface area contributed by atoms with Gasteiger partial charge in [-0.25, -0.2) is 8.42 Å². The van der Waals surface area contributed by atoms with Gasteiger partial charge in [-0.15, -0.1) is 11.3 Å². The molecule has 0 aliphatic heterocycles. The van der Waals surface area contributed by atoms with E-state index in [0.29, 0.717) is 0 Å². The lowest BCUT2D eigenvalue weighted by Gasteiger charge is -2.09. The second-order valence-corrected chi connectivity index (χ2v) is 9.23. The van der Waals surface area contributed by atoms with Gasteiger partial charge >= 0.3 is 6.18 Å². The number of hydrogen-bond donors (Lipinski definition) is 1. The van der Waals surface area contributed by atoms with Gasteiger partial charge in [0, 0.05) is 5.69 Å². The van der Waals surface area contributed by atoms with Gasteiger partial charge in [0.2, 0.25) is 9.84 Å². The summed E-state index contributed by atoms with van der Waals surface area (Å²) in [6, 6.07) is 13.1. The highest BCUT2D eigenvalue weighted by atomic mass is 32.2. The van der Waals surface area contributed by atoms with E-state index in [-0.39, 0.29) is 19.7 Å². The van der Waals surface area contributed by atoms with Crippen LogP contribution in [0.5, 0.6) is 0 Å². The molecule has 0 spiro atoms. The number of hydrogen-bond acceptors (Lipinski definition) is 4. The number of benzene rings is 2. The molecule has 4 nitrogen and oxygen atoms in total. The zero-order valence-corrected chi connectivity index (χ0v) is 16.1.